The highest BCUT2D eigenvalue weighted by Gasteiger charge is 2.21. The fourth-order valence-corrected chi connectivity index (χ4v) is 2.57. The highest BCUT2D eigenvalue weighted by atomic mass is 16.5. The van der Waals surface area contributed by atoms with Crippen LogP contribution in [0.1, 0.15) is 37.3 Å². The van der Waals surface area contributed by atoms with E-state index in [-0.39, 0.29) is 12.7 Å². The fraction of sp³-hybridized carbons (Fsp3) is 0.625. The van der Waals surface area contributed by atoms with Crippen molar-refractivity contribution in [2.75, 3.05) is 20.3 Å². The average molecular weight is 279 g/mol. The van der Waals surface area contributed by atoms with Gasteiger partial charge in [0.1, 0.15) is 17.6 Å². The summed E-state index contributed by atoms with van der Waals surface area (Å²) in [7, 11) is 1.71. The summed E-state index contributed by atoms with van der Waals surface area (Å²) in [6, 6.07) is 4.19. The van der Waals surface area contributed by atoms with E-state index < -0.39 is 0 Å². The third kappa shape index (κ3) is 3.87. The molecule has 0 bridgehead atoms. The molecule has 4 nitrogen and oxygen atoms in total. The Labute approximate surface area is 121 Å². The molecule has 0 radical (unpaired) electrons. The summed E-state index contributed by atoms with van der Waals surface area (Å²) < 4.78 is 11.3. The van der Waals surface area contributed by atoms with E-state index in [0.29, 0.717) is 0 Å². The van der Waals surface area contributed by atoms with Crippen molar-refractivity contribution >= 4 is 0 Å². The standard InChI is InChI=1S/C16H25NO3/c1-12-8-13-9-15(19-2)14(10-16(13)20-12)11-17-6-4-3-5-7-18/h9-10,12,17-18H,3-8,11H2,1-2H3. The van der Waals surface area contributed by atoms with E-state index in [1.165, 1.54) is 5.56 Å². The van der Waals surface area contributed by atoms with Gasteiger partial charge in [0, 0.05) is 30.7 Å². The minimum Gasteiger partial charge on any atom is -0.496 e. The minimum absolute atomic E-state index is 0.261. The van der Waals surface area contributed by atoms with Gasteiger partial charge in [-0.15, -0.1) is 0 Å². The Morgan fingerprint density at radius 1 is 1.35 bits per heavy atom. The number of aliphatic hydroxyl groups excluding tert-OH is 1. The van der Waals surface area contributed by atoms with Gasteiger partial charge in [-0.3, -0.25) is 0 Å². The number of nitrogens with one attached hydrogen (secondary N) is 1. The van der Waals surface area contributed by atoms with Gasteiger partial charge in [-0.2, -0.15) is 0 Å². The van der Waals surface area contributed by atoms with Crippen LogP contribution in [0.5, 0.6) is 11.5 Å². The maximum absolute atomic E-state index is 8.73. The maximum Gasteiger partial charge on any atom is 0.123 e. The van der Waals surface area contributed by atoms with E-state index in [1.807, 2.05) is 0 Å². The van der Waals surface area contributed by atoms with Crippen LogP contribution < -0.4 is 14.8 Å². The lowest BCUT2D eigenvalue weighted by atomic mass is 10.1. The monoisotopic (exact) mass is 279 g/mol. The maximum atomic E-state index is 8.73. The van der Waals surface area contributed by atoms with Crippen molar-refractivity contribution in [2.24, 2.45) is 0 Å². The second-order valence-corrected chi connectivity index (χ2v) is 5.37. The zero-order valence-corrected chi connectivity index (χ0v) is 12.4. The summed E-state index contributed by atoms with van der Waals surface area (Å²) in [5, 5.41) is 12.1. The van der Waals surface area contributed by atoms with Gasteiger partial charge in [0.25, 0.3) is 0 Å². The molecule has 4 heteroatoms. The van der Waals surface area contributed by atoms with Crippen LogP contribution >= 0.6 is 0 Å². The second-order valence-electron chi connectivity index (χ2n) is 5.37. The van der Waals surface area contributed by atoms with E-state index in [1.54, 1.807) is 7.11 Å². The van der Waals surface area contributed by atoms with E-state index in [9.17, 15) is 0 Å². The van der Waals surface area contributed by atoms with Gasteiger partial charge in [-0.1, -0.05) is 0 Å². The molecule has 1 aliphatic heterocycles. The molecule has 1 unspecified atom stereocenters. The predicted octanol–water partition coefficient (Wildman–Crippen LogP) is 2.27. The normalized spacial score (nSPS) is 16.9. The summed E-state index contributed by atoms with van der Waals surface area (Å²) in [5.41, 5.74) is 2.38. The molecule has 0 spiro atoms. The van der Waals surface area contributed by atoms with Gasteiger partial charge in [-0.25, -0.2) is 0 Å². The first-order valence-corrected chi connectivity index (χ1v) is 7.42. The molecule has 0 fully saturated rings. The Kier molecular flexibility index (Phi) is 5.68. The number of benzene rings is 1. The number of rotatable bonds is 8. The lowest BCUT2D eigenvalue weighted by Crippen LogP contribution is -2.15. The van der Waals surface area contributed by atoms with Crippen LogP contribution in [0, 0.1) is 0 Å². The molecule has 1 aromatic carbocycles. The summed E-state index contributed by atoms with van der Waals surface area (Å²) in [6.45, 7) is 4.12. The molecule has 1 aromatic rings. The number of fused-ring (bicyclic) bond motifs is 1. The molecular weight excluding hydrogens is 254 g/mol. The molecule has 112 valence electrons. The van der Waals surface area contributed by atoms with E-state index in [4.69, 9.17) is 14.6 Å². The molecule has 0 saturated heterocycles. The van der Waals surface area contributed by atoms with Crippen molar-refractivity contribution in [1.29, 1.82) is 0 Å². The smallest absolute Gasteiger partial charge is 0.123 e. The zero-order chi connectivity index (χ0) is 14.4. The van der Waals surface area contributed by atoms with Gasteiger partial charge in [0.2, 0.25) is 0 Å². The number of hydrogen-bond donors (Lipinski definition) is 2. The van der Waals surface area contributed by atoms with E-state index >= 15 is 0 Å². The van der Waals surface area contributed by atoms with Gasteiger partial charge < -0.3 is 19.9 Å². The van der Waals surface area contributed by atoms with Crippen molar-refractivity contribution in [2.45, 2.75) is 45.3 Å². The lowest BCUT2D eigenvalue weighted by Gasteiger charge is -2.12. The fourth-order valence-electron chi connectivity index (χ4n) is 2.57. The molecule has 0 amide bonds. The van der Waals surface area contributed by atoms with Gasteiger partial charge in [0.05, 0.1) is 7.11 Å². The molecule has 0 aromatic heterocycles. The molecule has 1 heterocycles. The van der Waals surface area contributed by atoms with Crippen LogP contribution in [0.25, 0.3) is 0 Å². The molecule has 1 atom stereocenters. The Morgan fingerprint density at radius 2 is 2.20 bits per heavy atom. The number of unbranched alkanes of at least 4 members (excludes halogenated alkanes) is 2. The highest BCUT2D eigenvalue weighted by molar-refractivity contribution is 5.48. The summed E-state index contributed by atoms with van der Waals surface area (Å²) in [4.78, 5) is 0. The second kappa shape index (κ2) is 7.50. The van der Waals surface area contributed by atoms with Crippen LogP contribution in [-0.4, -0.2) is 31.5 Å². The van der Waals surface area contributed by atoms with Gasteiger partial charge in [0.15, 0.2) is 0 Å². The Bertz CT molecular complexity index is 434. The summed E-state index contributed by atoms with van der Waals surface area (Å²) in [5.74, 6) is 1.93. The SMILES string of the molecule is COc1cc2c(cc1CNCCCCCO)OC(C)C2. The van der Waals surface area contributed by atoms with Crippen molar-refractivity contribution in [3.63, 3.8) is 0 Å². The summed E-state index contributed by atoms with van der Waals surface area (Å²) in [6.07, 6.45) is 4.25. The molecule has 2 rings (SSSR count). The molecule has 1 aliphatic rings. The Morgan fingerprint density at radius 3 is 2.95 bits per heavy atom. The number of methoxy groups -OCH3 is 1. The zero-order valence-electron chi connectivity index (χ0n) is 12.4. The van der Waals surface area contributed by atoms with Crippen LogP contribution in [0.3, 0.4) is 0 Å². The Hall–Kier alpha value is -1.26. The van der Waals surface area contributed by atoms with E-state index in [0.717, 1.165) is 55.8 Å². The average Bonchev–Trinajstić information content (AvgIpc) is 2.80. The van der Waals surface area contributed by atoms with Crippen molar-refractivity contribution < 1.29 is 14.6 Å². The number of aliphatic hydroxyl groups is 1. The number of ether oxygens (including phenoxy) is 2. The van der Waals surface area contributed by atoms with Crippen LogP contribution in [0.4, 0.5) is 0 Å². The first kappa shape index (κ1) is 15.1. The van der Waals surface area contributed by atoms with Crippen LogP contribution in [0.15, 0.2) is 12.1 Å². The van der Waals surface area contributed by atoms with Crippen molar-refractivity contribution in [3.8, 4) is 11.5 Å². The largest absolute Gasteiger partial charge is 0.496 e. The Balaban J connectivity index is 1.89. The molecule has 0 aliphatic carbocycles. The topological polar surface area (TPSA) is 50.7 Å². The third-order valence-electron chi connectivity index (χ3n) is 3.63. The van der Waals surface area contributed by atoms with Crippen LogP contribution in [-0.2, 0) is 13.0 Å². The molecular formula is C16H25NO3. The van der Waals surface area contributed by atoms with Gasteiger partial charge >= 0.3 is 0 Å². The molecule has 20 heavy (non-hydrogen) atoms. The minimum atomic E-state index is 0.261. The first-order chi connectivity index (χ1) is 9.74. The van der Waals surface area contributed by atoms with Crippen LogP contribution in [0.2, 0.25) is 0 Å². The third-order valence-corrected chi connectivity index (χ3v) is 3.63. The lowest BCUT2D eigenvalue weighted by molar-refractivity contribution is 0.254. The number of hydrogen-bond acceptors (Lipinski definition) is 4. The molecule has 2 N–H and O–H groups in total. The predicted molar refractivity (Wildman–Crippen MR) is 79.4 cm³/mol. The highest BCUT2D eigenvalue weighted by Crippen LogP contribution is 2.34. The quantitative estimate of drug-likeness (QED) is 0.717. The van der Waals surface area contributed by atoms with Crippen molar-refractivity contribution in [3.05, 3.63) is 23.3 Å². The van der Waals surface area contributed by atoms with Crippen molar-refractivity contribution in [1.82, 2.24) is 5.32 Å². The van der Waals surface area contributed by atoms with Gasteiger partial charge in [-0.05, 0) is 44.9 Å². The summed E-state index contributed by atoms with van der Waals surface area (Å²) >= 11 is 0. The molecule has 0 saturated carbocycles. The first-order valence-electron chi connectivity index (χ1n) is 7.42. The van der Waals surface area contributed by atoms with E-state index in [2.05, 4.69) is 24.4 Å².